The van der Waals surface area contributed by atoms with Crippen LogP contribution in [0.5, 0.6) is 11.5 Å². The molecule has 0 fully saturated rings. The van der Waals surface area contributed by atoms with Crippen molar-refractivity contribution in [3.05, 3.63) is 70.2 Å². The number of methoxy groups -OCH3 is 2. The molecule has 0 saturated carbocycles. The summed E-state index contributed by atoms with van der Waals surface area (Å²) in [6, 6.07) is 10.1. The molecule has 6 heteroatoms. The zero-order chi connectivity index (χ0) is 19.8. The Morgan fingerprint density at radius 1 is 1.11 bits per heavy atom. The number of ketones is 1. The summed E-state index contributed by atoms with van der Waals surface area (Å²) in [4.78, 5) is 12.7. The molecule has 0 atom stereocenters. The molecular formula is C22H19FN2O3. The Hall–Kier alpha value is -3.41. The van der Waals surface area contributed by atoms with Crippen LogP contribution in [-0.2, 0) is 6.42 Å². The Labute approximate surface area is 161 Å². The predicted octanol–water partition coefficient (Wildman–Crippen LogP) is 4.36. The molecule has 1 aliphatic rings. The first-order chi connectivity index (χ1) is 13.5. The number of nitrogens with zero attached hydrogens (tertiary/aromatic N) is 1. The third-order valence-corrected chi connectivity index (χ3v) is 4.92. The van der Waals surface area contributed by atoms with E-state index in [-0.39, 0.29) is 5.78 Å². The molecule has 1 aliphatic carbocycles. The van der Waals surface area contributed by atoms with Gasteiger partial charge in [-0.25, -0.2) is 4.39 Å². The third-order valence-electron chi connectivity index (χ3n) is 4.92. The van der Waals surface area contributed by atoms with Crippen LogP contribution in [0.3, 0.4) is 0 Å². The number of aromatic nitrogens is 2. The lowest BCUT2D eigenvalue weighted by atomic mass is 10.1. The Morgan fingerprint density at radius 2 is 1.93 bits per heavy atom. The van der Waals surface area contributed by atoms with Gasteiger partial charge in [0.1, 0.15) is 17.3 Å². The highest BCUT2D eigenvalue weighted by Gasteiger charge is 2.26. The van der Waals surface area contributed by atoms with Crippen molar-refractivity contribution in [3.63, 3.8) is 0 Å². The number of ether oxygens (including phenoxy) is 2. The Kier molecular flexibility index (Phi) is 4.47. The van der Waals surface area contributed by atoms with E-state index in [1.165, 1.54) is 13.2 Å². The normalized spacial score (nSPS) is 14.4. The van der Waals surface area contributed by atoms with Crippen molar-refractivity contribution in [1.29, 1.82) is 0 Å². The first kappa shape index (κ1) is 18.0. The Bertz CT molecular complexity index is 1110. The molecular weight excluding hydrogens is 359 g/mol. The molecule has 0 radical (unpaired) electrons. The van der Waals surface area contributed by atoms with Gasteiger partial charge in [-0.15, -0.1) is 0 Å². The van der Waals surface area contributed by atoms with Crippen LogP contribution in [0.15, 0.2) is 42.0 Å². The second kappa shape index (κ2) is 6.96. The molecule has 4 rings (SSSR count). The summed E-state index contributed by atoms with van der Waals surface area (Å²) in [5.74, 6) is 0.698. The highest BCUT2D eigenvalue weighted by molar-refractivity contribution is 6.15. The second-order valence-electron chi connectivity index (χ2n) is 6.71. The van der Waals surface area contributed by atoms with E-state index in [9.17, 15) is 9.18 Å². The summed E-state index contributed by atoms with van der Waals surface area (Å²) in [5, 5.41) is 7.05. The highest BCUT2D eigenvalue weighted by Crippen LogP contribution is 2.33. The van der Waals surface area contributed by atoms with Crippen LogP contribution in [0.4, 0.5) is 4.39 Å². The molecule has 3 aromatic rings. The minimum Gasteiger partial charge on any atom is -0.497 e. The maximum Gasteiger partial charge on any atom is 0.189 e. The molecule has 1 aromatic heterocycles. The number of aryl methyl sites for hydroxylation is 1. The molecule has 0 amide bonds. The number of hydrogen-bond acceptors (Lipinski definition) is 4. The lowest BCUT2D eigenvalue weighted by molar-refractivity contribution is 0.104. The van der Waals surface area contributed by atoms with Crippen LogP contribution in [0, 0.1) is 12.7 Å². The molecule has 0 spiro atoms. The van der Waals surface area contributed by atoms with Gasteiger partial charge in [-0.3, -0.25) is 9.89 Å². The van der Waals surface area contributed by atoms with E-state index in [0.29, 0.717) is 46.0 Å². The van der Waals surface area contributed by atoms with Gasteiger partial charge in [0.25, 0.3) is 0 Å². The number of H-pyrrole nitrogens is 1. The van der Waals surface area contributed by atoms with Crippen LogP contribution in [0.25, 0.3) is 17.3 Å². The van der Waals surface area contributed by atoms with Crippen molar-refractivity contribution in [2.75, 3.05) is 14.2 Å². The maximum atomic E-state index is 14.3. The fourth-order valence-corrected chi connectivity index (χ4v) is 3.47. The van der Waals surface area contributed by atoms with E-state index in [1.54, 1.807) is 37.5 Å². The molecule has 0 bridgehead atoms. The first-order valence-electron chi connectivity index (χ1n) is 8.82. The van der Waals surface area contributed by atoms with Crippen LogP contribution >= 0.6 is 0 Å². The summed E-state index contributed by atoms with van der Waals surface area (Å²) < 4.78 is 24.6. The molecule has 0 aliphatic heterocycles. The Morgan fingerprint density at radius 3 is 2.64 bits per heavy atom. The van der Waals surface area contributed by atoms with E-state index in [0.717, 1.165) is 11.1 Å². The molecule has 2 aromatic carbocycles. The largest absolute Gasteiger partial charge is 0.497 e. The van der Waals surface area contributed by atoms with Gasteiger partial charge in [0.2, 0.25) is 0 Å². The number of halogens is 1. The number of nitrogens with one attached hydrogen (secondary N) is 1. The molecule has 0 unspecified atom stereocenters. The summed E-state index contributed by atoms with van der Waals surface area (Å²) >= 11 is 0. The van der Waals surface area contributed by atoms with Crippen molar-refractivity contribution < 1.29 is 18.7 Å². The minimum absolute atomic E-state index is 0.0277. The first-order valence-corrected chi connectivity index (χ1v) is 8.82. The van der Waals surface area contributed by atoms with Gasteiger partial charge in [0.15, 0.2) is 5.78 Å². The van der Waals surface area contributed by atoms with Gasteiger partial charge in [0.05, 0.1) is 25.6 Å². The van der Waals surface area contributed by atoms with Crippen molar-refractivity contribution in [2.24, 2.45) is 0 Å². The molecule has 1 N–H and O–H groups in total. The van der Waals surface area contributed by atoms with Gasteiger partial charge in [0, 0.05) is 29.2 Å². The van der Waals surface area contributed by atoms with Crippen molar-refractivity contribution in [3.8, 4) is 22.8 Å². The van der Waals surface area contributed by atoms with Gasteiger partial charge in [-0.05, 0) is 48.4 Å². The SMILES string of the molecule is COc1ccc(-c2cc(C=C3Cc4cc(C)c(OC)cc4C3=O)[nH]n2)c(F)c1. The van der Waals surface area contributed by atoms with E-state index < -0.39 is 5.82 Å². The Balaban J connectivity index is 1.63. The molecule has 142 valence electrons. The molecule has 28 heavy (non-hydrogen) atoms. The number of carbonyl (C=O) groups is 1. The zero-order valence-corrected chi connectivity index (χ0v) is 15.8. The van der Waals surface area contributed by atoms with Gasteiger partial charge in [-0.1, -0.05) is 6.07 Å². The number of carbonyl (C=O) groups excluding carboxylic acids is 1. The van der Waals surface area contributed by atoms with Crippen molar-refractivity contribution >= 4 is 11.9 Å². The van der Waals surface area contributed by atoms with E-state index in [2.05, 4.69) is 10.2 Å². The topological polar surface area (TPSA) is 64.2 Å². The lowest BCUT2D eigenvalue weighted by Gasteiger charge is -2.06. The fourth-order valence-electron chi connectivity index (χ4n) is 3.47. The van der Waals surface area contributed by atoms with Gasteiger partial charge < -0.3 is 9.47 Å². The monoisotopic (exact) mass is 378 g/mol. The second-order valence-corrected chi connectivity index (χ2v) is 6.71. The summed E-state index contributed by atoms with van der Waals surface area (Å²) in [6.45, 7) is 1.95. The number of benzene rings is 2. The number of hydrogen-bond donors (Lipinski definition) is 1. The highest BCUT2D eigenvalue weighted by atomic mass is 19.1. The van der Waals surface area contributed by atoms with Gasteiger partial charge in [-0.2, -0.15) is 5.10 Å². The van der Waals surface area contributed by atoms with E-state index in [4.69, 9.17) is 9.47 Å². The average Bonchev–Trinajstić information content (AvgIpc) is 3.26. The number of fused-ring (bicyclic) bond motifs is 1. The van der Waals surface area contributed by atoms with Crippen LogP contribution in [0.2, 0.25) is 0 Å². The fraction of sp³-hybridized carbons (Fsp3) is 0.182. The third kappa shape index (κ3) is 3.07. The summed E-state index contributed by atoms with van der Waals surface area (Å²) in [5.41, 5.74) is 4.77. The smallest absolute Gasteiger partial charge is 0.189 e. The number of Topliss-reactive ketones (excluding diaryl/α,β-unsaturated/α-hetero) is 1. The number of aromatic amines is 1. The van der Waals surface area contributed by atoms with Crippen molar-refractivity contribution in [1.82, 2.24) is 10.2 Å². The quantitative estimate of drug-likeness (QED) is 0.685. The molecule has 5 nitrogen and oxygen atoms in total. The molecule has 0 saturated heterocycles. The standard InChI is InChI=1S/C22H19FN2O3/c1-12-6-13-7-14(22(26)18(13)11-21(12)28-3)8-15-9-20(25-24-15)17-5-4-16(27-2)10-19(17)23/h4-6,8-11H,7H2,1-3H3,(H,24,25). The molecule has 1 heterocycles. The lowest BCUT2D eigenvalue weighted by Crippen LogP contribution is -1.97. The summed E-state index contributed by atoms with van der Waals surface area (Å²) in [6.07, 6.45) is 2.31. The zero-order valence-electron chi connectivity index (χ0n) is 15.8. The number of rotatable bonds is 4. The van der Waals surface area contributed by atoms with Crippen LogP contribution < -0.4 is 9.47 Å². The van der Waals surface area contributed by atoms with Crippen LogP contribution in [-0.4, -0.2) is 30.2 Å². The summed E-state index contributed by atoms with van der Waals surface area (Å²) in [7, 11) is 3.08. The average molecular weight is 378 g/mol. The maximum absolute atomic E-state index is 14.3. The van der Waals surface area contributed by atoms with Gasteiger partial charge >= 0.3 is 0 Å². The van der Waals surface area contributed by atoms with E-state index >= 15 is 0 Å². The predicted molar refractivity (Wildman–Crippen MR) is 104 cm³/mol. The van der Waals surface area contributed by atoms with Crippen molar-refractivity contribution in [2.45, 2.75) is 13.3 Å². The van der Waals surface area contributed by atoms with Crippen LogP contribution in [0.1, 0.15) is 27.2 Å². The number of allylic oxidation sites excluding steroid dienone is 1. The van der Waals surface area contributed by atoms with E-state index in [1.807, 2.05) is 13.0 Å². The minimum atomic E-state index is -0.419.